The lowest BCUT2D eigenvalue weighted by molar-refractivity contribution is -0.142. The lowest BCUT2D eigenvalue weighted by Crippen LogP contribution is -2.58. The predicted molar refractivity (Wildman–Crippen MR) is 98.5 cm³/mol. The number of piperidine rings is 1. The molecule has 1 aromatic rings. The van der Waals surface area contributed by atoms with Crippen molar-refractivity contribution in [3.63, 3.8) is 0 Å². The molecule has 2 heterocycles. The van der Waals surface area contributed by atoms with Gasteiger partial charge in [-0.25, -0.2) is 0 Å². The molecule has 2 unspecified atom stereocenters. The molecule has 0 radical (unpaired) electrons. The topological polar surface area (TPSA) is 52.7 Å². The van der Waals surface area contributed by atoms with E-state index in [1.165, 1.54) is 12.1 Å². The standard InChI is InChI=1S/C20H26F3N3O2/c1-14(11-15-4-6-16(7-5-15)20(21,22)23)19(28)25-9-2-3-17(13-25)26-10-8-24-12-18(26)27/h4-7,14,17,24H,2-3,8-13H2,1H3. The molecule has 2 aliphatic rings. The first-order chi connectivity index (χ1) is 13.3. The number of piperazine rings is 1. The Morgan fingerprint density at radius 2 is 1.96 bits per heavy atom. The van der Waals surface area contributed by atoms with Gasteiger partial charge in [0, 0.05) is 38.1 Å². The Bertz CT molecular complexity index is 706. The lowest BCUT2D eigenvalue weighted by Gasteiger charge is -2.41. The van der Waals surface area contributed by atoms with Crippen LogP contribution in [0.4, 0.5) is 13.2 Å². The molecule has 0 bridgehead atoms. The molecule has 154 valence electrons. The van der Waals surface area contributed by atoms with Crippen LogP contribution in [0.1, 0.15) is 30.9 Å². The van der Waals surface area contributed by atoms with Gasteiger partial charge in [0.25, 0.3) is 0 Å². The molecule has 0 aliphatic carbocycles. The molecule has 8 heteroatoms. The second-order valence-corrected chi connectivity index (χ2v) is 7.64. The second-order valence-electron chi connectivity index (χ2n) is 7.64. The highest BCUT2D eigenvalue weighted by Gasteiger charge is 2.33. The number of amides is 2. The minimum atomic E-state index is -4.36. The highest BCUT2D eigenvalue weighted by Crippen LogP contribution is 2.29. The summed E-state index contributed by atoms with van der Waals surface area (Å²) in [5.41, 5.74) is 0.0227. The monoisotopic (exact) mass is 397 g/mol. The summed E-state index contributed by atoms with van der Waals surface area (Å²) in [6.07, 6.45) is -2.22. The minimum absolute atomic E-state index is 0.00724. The van der Waals surface area contributed by atoms with Gasteiger partial charge in [0.05, 0.1) is 12.1 Å². The maximum absolute atomic E-state index is 12.9. The van der Waals surface area contributed by atoms with Gasteiger partial charge in [0.1, 0.15) is 0 Å². The largest absolute Gasteiger partial charge is 0.416 e. The molecule has 2 atom stereocenters. The first-order valence-corrected chi connectivity index (χ1v) is 9.71. The second kappa shape index (κ2) is 8.51. The molecule has 2 aliphatic heterocycles. The van der Waals surface area contributed by atoms with E-state index in [1.54, 1.807) is 11.8 Å². The average molecular weight is 397 g/mol. The number of nitrogens with zero attached hydrogens (tertiary/aromatic N) is 2. The lowest BCUT2D eigenvalue weighted by atomic mass is 9.96. The van der Waals surface area contributed by atoms with E-state index in [0.29, 0.717) is 38.2 Å². The Labute approximate surface area is 162 Å². The normalized spacial score (nSPS) is 22.3. The molecule has 1 aromatic carbocycles. The first kappa shape index (κ1) is 20.6. The fourth-order valence-electron chi connectivity index (χ4n) is 4.00. The van der Waals surface area contributed by atoms with Crippen LogP contribution in [0.5, 0.6) is 0 Å². The molecular weight excluding hydrogens is 371 g/mol. The van der Waals surface area contributed by atoms with Crippen molar-refractivity contribution < 1.29 is 22.8 Å². The molecule has 1 N–H and O–H groups in total. The number of hydrogen-bond donors (Lipinski definition) is 1. The maximum atomic E-state index is 12.9. The van der Waals surface area contributed by atoms with Crippen molar-refractivity contribution >= 4 is 11.8 Å². The molecule has 2 saturated heterocycles. The Balaban J connectivity index is 1.58. The highest BCUT2D eigenvalue weighted by atomic mass is 19.4. The van der Waals surface area contributed by atoms with Crippen molar-refractivity contribution in [1.29, 1.82) is 0 Å². The van der Waals surface area contributed by atoms with Crippen LogP contribution < -0.4 is 5.32 Å². The number of hydrogen-bond acceptors (Lipinski definition) is 3. The summed E-state index contributed by atoms with van der Waals surface area (Å²) in [4.78, 5) is 28.7. The number of carbonyl (C=O) groups is 2. The quantitative estimate of drug-likeness (QED) is 0.848. The van der Waals surface area contributed by atoms with Crippen LogP contribution in [-0.4, -0.2) is 60.4 Å². The number of benzene rings is 1. The predicted octanol–water partition coefficient (Wildman–Crippen LogP) is 2.31. The molecular formula is C20H26F3N3O2. The fourth-order valence-corrected chi connectivity index (χ4v) is 4.00. The molecule has 0 saturated carbocycles. The van der Waals surface area contributed by atoms with Gasteiger partial charge < -0.3 is 15.1 Å². The molecule has 2 fully saturated rings. The summed E-state index contributed by atoms with van der Waals surface area (Å²) >= 11 is 0. The van der Waals surface area contributed by atoms with Crippen molar-refractivity contribution in [3.8, 4) is 0 Å². The van der Waals surface area contributed by atoms with E-state index in [-0.39, 0.29) is 23.8 Å². The SMILES string of the molecule is CC(Cc1ccc(C(F)(F)F)cc1)C(=O)N1CCCC(N2CCNCC2=O)C1. The van der Waals surface area contributed by atoms with Crippen molar-refractivity contribution in [2.75, 3.05) is 32.7 Å². The molecule has 28 heavy (non-hydrogen) atoms. The third-order valence-electron chi connectivity index (χ3n) is 5.52. The highest BCUT2D eigenvalue weighted by molar-refractivity contribution is 5.80. The van der Waals surface area contributed by atoms with Crippen LogP contribution in [-0.2, 0) is 22.2 Å². The van der Waals surface area contributed by atoms with Crippen molar-refractivity contribution in [3.05, 3.63) is 35.4 Å². The Kier molecular flexibility index (Phi) is 6.27. The van der Waals surface area contributed by atoms with Gasteiger partial charge in [0.2, 0.25) is 11.8 Å². The summed E-state index contributed by atoms with van der Waals surface area (Å²) in [5, 5.41) is 3.05. The number of likely N-dealkylation sites (tertiary alicyclic amines) is 1. The van der Waals surface area contributed by atoms with Crippen molar-refractivity contribution in [2.24, 2.45) is 5.92 Å². The zero-order valence-electron chi connectivity index (χ0n) is 16.0. The van der Waals surface area contributed by atoms with Crippen LogP contribution >= 0.6 is 0 Å². The number of nitrogens with one attached hydrogen (secondary N) is 1. The van der Waals surface area contributed by atoms with E-state index in [2.05, 4.69) is 5.32 Å². The molecule has 0 spiro atoms. The van der Waals surface area contributed by atoms with E-state index < -0.39 is 11.7 Å². The van der Waals surface area contributed by atoms with Gasteiger partial charge in [0.15, 0.2) is 0 Å². The first-order valence-electron chi connectivity index (χ1n) is 9.71. The van der Waals surface area contributed by atoms with E-state index in [9.17, 15) is 22.8 Å². The van der Waals surface area contributed by atoms with Crippen LogP contribution in [0, 0.1) is 5.92 Å². The zero-order chi connectivity index (χ0) is 20.3. The Morgan fingerprint density at radius 1 is 1.25 bits per heavy atom. The Hall–Kier alpha value is -2.09. The van der Waals surface area contributed by atoms with Crippen LogP contribution in [0.15, 0.2) is 24.3 Å². The molecule has 5 nitrogen and oxygen atoms in total. The molecule has 3 rings (SSSR count). The Morgan fingerprint density at radius 3 is 2.61 bits per heavy atom. The summed E-state index contributed by atoms with van der Waals surface area (Å²) in [6, 6.07) is 5.03. The summed E-state index contributed by atoms with van der Waals surface area (Å²) in [6.45, 7) is 4.76. The smallest absolute Gasteiger partial charge is 0.340 e. The third kappa shape index (κ3) is 4.84. The maximum Gasteiger partial charge on any atom is 0.416 e. The minimum Gasteiger partial charge on any atom is -0.340 e. The van der Waals surface area contributed by atoms with Crippen LogP contribution in [0.3, 0.4) is 0 Å². The van der Waals surface area contributed by atoms with Gasteiger partial charge in [-0.1, -0.05) is 19.1 Å². The van der Waals surface area contributed by atoms with Crippen molar-refractivity contribution in [1.82, 2.24) is 15.1 Å². The van der Waals surface area contributed by atoms with Gasteiger partial charge in [-0.15, -0.1) is 0 Å². The van der Waals surface area contributed by atoms with Gasteiger partial charge in [-0.05, 0) is 37.0 Å². The van der Waals surface area contributed by atoms with Gasteiger partial charge in [-0.3, -0.25) is 9.59 Å². The van der Waals surface area contributed by atoms with Crippen LogP contribution in [0.2, 0.25) is 0 Å². The van der Waals surface area contributed by atoms with E-state index in [4.69, 9.17) is 0 Å². The van der Waals surface area contributed by atoms with Crippen LogP contribution in [0.25, 0.3) is 0 Å². The molecule has 0 aromatic heterocycles. The number of halogens is 3. The zero-order valence-corrected chi connectivity index (χ0v) is 16.0. The fraction of sp³-hybridized carbons (Fsp3) is 0.600. The van der Waals surface area contributed by atoms with Gasteiger partial charge >= 0.3 is 6.18 Å². The van der Waals surface area contributed by atoms with Gasteiger partial charge in [-0.2, -0.15) is 13.2 Å². The number of carbonyl (C=O) groups excluding carboxylic acids is 2. The molecule has 2 amide bonds. The van der Waals surface area contributed by atoms with Crippen molar-refractivity contribution in [2.45, 2.75) is 38.4 Å². The van der Waals surface area contributed by atoms with E-state index >= 15 is 0 Å². The van der Waals surface area contributed by atoms with E-state index in [1.807, 2.05) is 4.90 Å². The average Bonchev–Trinajstić information content (AvgIpc) is 2.67. The summed E-state index contributed by atoms with van der Waals surface area (Å²) in [7, 11) is 0. The third-order valence-corrected chi connectivity index (χ3v) is 5.52. The summed E-state index contributed by atoms with van der Waals surface area (Å²) in [5.74, 6) is -0.259. The summed E-state index contributed by atoms with van der Waals surface area (Å²) < 4.78 is 38.0. The van der Waals surface area contributed by atoms with E-state index in [0.717, 1.165) is 31.5 Å². The number of rotatable bonds is 4. The number of alkyl halides is 3.